The number of aromatic hydroxyl groups is 1. The number of hydrogen-bond donors (Lipinski definition) is 2. The summed E-state index contributed by atoms with van der Waals surface area (Å²) in [6.45, 7) is 4.18. The first kappa shape index (κ1) is 11.9. The molecule has 0 amide bonds. The van der Waals surface area contributed by atoms with Crippen LogP contribution in [0.2, 0.25) is 0 Å². The lowest BCUT2D eigenvalue weighted by atomic mass is 10.1. The Balaban J connectivity index is 2.80. The summed E-state index contributed by atoms with van der Waals surface area (Å²) in [6.07, 6.45) is 0.949. The largest absolute Gasteiger partial charge is 0.508 e. The Morgan fingerprint density at radius 3 is 2.67 bits per heavy atom. The molecule has 2 unspecified atom stereocenters. The van der Waals surface area contributed by atoms with Crippen molar-refractivity contribution in [2.24, 2.45) is 5.73 Å². The molecule has 1 aromatic carbocycles. The molecule has 0 saturated heterocycles. The Hall–Kier alpha value is -1.22. The third kappa shape index (κ3) is 2.86. The fraction of sp³-hybridized carbons (Fsp3) is 0.500. The molecule has 0 fully saturated rings. The van der Waals surface area contributed by atoms with E-state index in [-0.39, 0.29) is 17.8 Å². The van der Waals surface area contributed by atoms with E-state index < -0.39 is 0 Å². The van der Waals surface area contributed by atoms with Crippen LogP contribution in [0.15, 0.2) is 24.3 Å². The first-order valence-corrected chi connectivity index (χ1v) is 5.33. The van der Waals surface area contributed by atoms with E-state index in [0.29, 0.717) is 0 Å². The average molecular weight is 208 g/mol. The monoisotopic (exact) mass is 208 g/mol. The van der Waals surface area contributed by atoms with Crippen LogP contribution in [0.3, 0.4) is 0 Å². The Morgan fingerprint density at radius 2 is 2.13 bits per heavy atom. The van der Waals surface area contributed by atoms with Crippen LogP contribution >= 0.6 is 0 Å². The van der Waals surface area contributed by atoms with Gasteiger partial charge in [-0.05, 0) is 25.5 Å². The Bertz CT molecular complexity index is 314. The summed E-state index contributed by atoms with van der Waals surface area (Å²) >= 11 is 0. The van der Waals surface area contributed by atoms with Crippen LogP contribution in [0.25, 0.3) is 0 Å². The van der Waals surface area contributed by atoms with Gasteiger partial charge in [-0.1, -0.05) is 13.0 Å². The topological polar surface area (TPSA) is 49.5 Å². The van der Waals surface area contributed by atoms with E-state index >= 15 is 0 Å². The van der Waals surface area contributed by atoms with E-state index in [1.165, 1.54) is 0 Å². The zero-order valence-corrected chi connectivity index (χ0v) is 9.64. The van der Waals surface area contributed by atoms with E-state index in [4.69, 9.17) is 5.73 Å². The van der Waals surface area contributed by atoms with Crippen molar-refractivity contribution in [3.05, 3.63) is 24.3 Å². The Labute approximate surface area is 91.5 Å². The number of likely N-dealkylation sites (N-methyl/N-ethyl adjacent to an activating group) is 1. The zero-order chi connectivity index (χ0) is 11.4. The summed E-state index contributed by atoms with van der Waals surface area (Å²) in [6, 6.07) is 7.64. The molecule has 0 saturated carbocycles. The van der Waals surface area contributed by atoms with Gasteiger partial charge in [-0.2, -0.15) is 0 Å². The molecule has 0 radical (unpaired) electrons. The summed E-state index contributed by atoms with van der Waals surface area (Å²) in [7, 11) is 2.00. The van der Waals surface area contributed by atoms with Crippen LogP contribution in [0, 0.1) is 0 Å². The average Bonchev–Trinajstić information content (AvgIpc) is 2.26. The Morgan fingerprint density at radius 1 is 1.47 bits per heavy atom. The van der Waals surface area contributed by atoms with Gasteiger partial charge in [-0.25, -0.2) is 0 Å². The number of phenolic OH excluding ortho intramolecular Hbond substituents is 1. The van der Waals surface area contributed by atoms with Crippen molar-refractivity contribution >= 4 is 5.69 Å². The van der Waals surface area contributed by atoms with Crippen LogP contribution in [-0.2, 0) is 0 Å². The molecule has 0 spiro atoms. The molecule has 84 valence electrons. The fourth-order valence-electron chi connectivity index (χ4n) is 1.58. The van der Waals surface area contributed by atoms with Crippen LogP contribution in [0.1, 0.15) is 20.3 Å². The van der Waals surface area contributed by atoms with Gasteiger partial charge in [-0.15, -0.1) is 0 Å². The SMILES string of the molecule is CCC(N)C(C)N(C)c1cccc(O)c1. The molecule has 0 heterocycles. The Kier molecular flexibility index (Phi) is 3.97. The number of hydrogen-bond acceptors (Lipinski definition) is 3. The van der Waals surface area contributed by atoms with Gasteiger partial charge >= 0.3 is 0 Å². The van der Waals surface area contributed by atoms with E-state index in [2.05, 4.69) is 18.7 Å². The van der Waals surface area contributed by atoms with Crippen LogP contribution in [0.4, 0.5) is 5.69 Å². The van der Waals surface area contributed by atoms with E-state index in [9.17, 15) is 5.11 Å². The summed E-state index contributed by atoms with van der Waals surface area (Å²) < 4.78 is 0. The summed E-state index contributed by atoms with van der Waals surface area (Å²) in [4.78, 5) is 2.09. The molecule has 1 aromatic rings. The van der Waals surface area contributed by atoms with Crippen LogP contribution in [-0.4, -0.2) is 24.2 Å². The highest BCUT2D eigenvalue weighted by atomic mass is 16.3. The maximum absolute atomic E-state index is 9.38. The number of anilines is 1. The third-order valence-electron chi connectivity index (χ3n) is 2.94. The molecule has 0 aliphatic carbocycles. The maximum Gasteiger partial charge on any atom is 0.117 e. The summed E-state index contributed by atoms with van der Waals surface area (Å²) in [5.41, 5.74) is 6.98. The molecule has 3 nitrogen and oxygen atoms in total. The van der Waals surface area contributed by atoms with Gasteiger partial charge in [0.2, 0.25) is 0 Å². The molecule has 2 atom stereocenters. The molecule has 0 aliphatic rings. The van der Waals surface area contributed by atoms with Gasteiger partial charge in [0, 0.05) is 30.9 Å². The van der Waals surface area contributed by atoms with Crippen molar-refractivity contribution in [2.45, 2.75) is 32.4 Å². The van der Waals surface area contributed by atoms with Crippen molar-refractivity contribution in [2.75, 3.05) is 11.9 Å². The highest BCUT2D eigenvalue weighted by Crippen LogP contribution is 2.21. The lowest BCUT2D eigenvalue weighted by Gasteiger charge is -2.31. The molecule has 0 aliphatic heterocycles. The highest BCUT2D eigenvalue weighted by molar-refractivity contribution is 5.50. The first-order chi connectivity index (χ1) is 7.06. The minimum atomic E-state index is 0.150. The number of benzene rings is 1. The summed E-state index contributed by atoms with van der Waals surface area (Å²) in [5, 5.41) is 9.38. The molecular formula is C12H20N2O. The maximum atomic E-state index is 9.38. The van der Waals surface area contributed by atoms with Crippen LogP contribution < -0.4 is 10.6 Å². The predicted octanol–water partition coefficient (Wildman–Crippen LogP) is 1.95. The van der Waals surface area contributed by atoms with Gasteiger partial charge in [0.05, 0.1) is 0 Å². The van der Waals surface area contributed by atoms with Gasteiger partial charge in [0.25, 0.3) is 0 Å². The minimum Gasteiger partial charge on any atom is -0.508 e. The standard InChI is InChI=1S/C12H20N2O/c1-4-12(13)9(2)14(3)10-6-5-7-11(15)8-10/h5-9,12,15H,4,13H2,1-3H3. The van der Waals surface area contributed by atoms with E-state index in [0.717, 1.165) is 12.1 Å². The molecule has 1 rings (SSSR count). The van der Waals surface area contributed by atoms with Crippen LogP contribution in [0.5, 0.6) is 5.75 Å². The lowest BCUT2D eigenvalue weighted by Crippen LogP contribution is -2.43. The quantitative estimate of drug-likeness (QED) is 0.795. The smallest absolute Gasteiger partial charge is 0.117 e. The number of nitrogens with zero attached hydrogens (tertiary/aromatic N) is 1. The van der Waals surface area contributed by atoms with Crippen molar-refractivity contribution in [3.63, 3.8) is 0 Å². The van der Waals surface area contributed by atoms with E-state index in [1.54, 1.807) is 12.1 Å². The lowest BCUT2D eigenvalue weighted by molar-refractivity contribution is 0.474. The number of nitrogens with two attached hydrogens (primary N) is 1. The molecule has 3 N–H and O–H groups in total. The van der Waals surface area contributed by atoms with Crippen molar-refractivity contribution in [1.82, 2.24) is 0 Å². The minimum absolute atomic E-state index is 0.150. The van der Waals surface area contributed by atoms with Crippen molar-refractivity contribution in [1.29, 1.82) is 0 Å². The molecule has 0 aromatic heterocycles. The van der Waals surface area contributed by atoms with Gasteiger partial charge in [0.15, 0.2) is 0 Å². The van der Waals surface area contributed by atoms with Gasteiger partial charge in [-0.3, -0.25) is 0 Å². The molecular weight excluding hydrogens is 188 g/mol. The molecule has 3 heteroatoms. The van der Waals surface area contributed by atoms with Crippen molar-refractivity contribution < 1.29 is 5.11 Å². The zero-order valence-electron chi connectivity index (χ0n) is 9.64. The summed E-state index contributed by atoms with van der Waals surface area (Å²) in [5.74, 6) is 0.289. The fourth-order valence-corrected chi connectivity index (χ4v) is 1.58. The molecule has 0 bridgehead atoms. The highest BCUT2D eigenvalue weighted by Gasteiger charge is 2.16. The van der Waals surface area contributed by atoms with E-state index in [1.807, 2.05) is 19.2 Å². The predicted molar refractivity (Wildman–Crippen MR) is 64.2 cm³/mol. The number of phenols is 1. The first-order valence-electron chi connectivity index (χ1n) is 5.33. The van der Waals surface area contributed by atoms with Gasteiger partial charge < -0.3 is 15.7 Å². The second-order valence-electron chi connectivity index (χ2n) is 3.94. The number of rotatable bonds is 4. The third-order valence-corrected chi connectivity index (χ3v) is 2.94. The second kappa shape index (κ2) is 5.03. The normalized spacial score (nSPS) is 14.7. The molecule has 15 heavy (non-hydrogen) atoms. The van der Waals surface area contributed by atoms with Gasteiger partial charge in [0.1, 0.15) is 5.75 Å². The van der Waals surface area contributed by atoms with Crippen molar-refractivity contribution in [3.8, 4) is 5.75 Å². The second-order valence-corrected chi connectivity index (χ2v) is 3.94.